The van der Waals surface area contributed by atoms with Crippen molar-refractivity contribution < 1.29 is 4.39 Å². The summed E-state index contributed by atoms with van der Waals surface area (Å²) in [5.41, 5.74) is 6.36. The summed E-state index contributed by atoms with van der Waals surface area (Å²) < 4.78 is 13.2. The lowest BCUT2D eigenvalue weighted by molar-refractivity contribution is 0.520. The van der Waals surface area contributed by atoms with Crippen LogP contribution in [0.2, 0.25) is 0 Å². The Morgan fingerprint density at radius 1 is 1.00 bits per heavy atom. The number of rotatable bonds is 6. The van der Waals surface area contributed by atoms with Gasteiger partial charge in [0, 0.05) is 6.04 Å². The highest BCUT2D eigenvalue weighted by Crippen LogP contribution is 2.16. The molecule has 0 aromatic heterocycles. The molecule has 0 fully saturated rings. The van der Waals surface area contributed by atoms with Crippen LogP contribution in [-0.2, 0) is 12.8 Å². The standard InChI is InChI=1S/C18H23FN2/c1-13(2)16-8-6-14(7-9-16)11-18(21-20)12-15-4-3-5-17(19)10-15/h3-10,13,18,21H,11-12,20H2,1-2H3. The second-order valence-corrected chi connectivity index (χ2v) is 5.80. The molecular weight excluding hydrogens is 263 g/mol. The normalized spacial score (nSPS) is 12.6. The molecule has 0 bridgehead atoms. The molecule has 0 heterocycles. The minimum Gasteiger partial charge on any atom is -0.271 e. The lowest BCUT2D eigenvalue weighted by Gasteiger charge is -2.16. The molecule has 0 saturated heterocycles. The van der Waals surface area contributed by atoms with Gasteiger partial charge in [0.25, 0.3) is 0 Å². The Bertz CT molecular complexity index is 564. The Morgan fingerprint density at radius 2 is 1.67 bits per heavy atom. The molecule has 2 nitrogen and oxygen atoms in total. The van der Waals surface area contributed by atoms with Gasteiger partial charge in [0.2, 0.25) is 0 Å². The molecule has 21 heavy (non-hydrogen) atoms. The van der Waals surface area contributed by atoms with E-state index >= 15 is 0 Å². The molecule has 2 rings (SSSR count). The molecule has 112 valence electrons. The van der Waals surface area contributed by atoms with Crippen LogP contribution in [0.15, 0.2) is 48.5 Å². The quantitative estimate of drug-likeness (QED) is 0.629. The first-order chi connectivity index (χ1) is 10.1. The summed E-state index contributed by atoms with van der Waals surface area (Å²) in [7, 11) is 0. The van der Waals surface area contributed by atoms with Crippen molar-refractivity contribution in [3.05, 3.63) is 71.0 Å². The van der Waals surface area contributed by atoms with Crippen molar-refractivity contribution in [3.8, 4) is 0 Å². The third-order valence-corrected chi connectivity index (χ3v) is 3.74. The van der Waals surface area contributed by atoms with Gasteiger partial charge in [-0.15, -0.1) is 0 Å². The Hall–Kier alpha value is -1.71. The second kappa shape index (κ2) is 7.34. The van der Waals surface area contributed by atoms with Crippen molar-refractivity contribution in [2.24, 2.45) is 5.84 Å². The van der Waals surface area contributed by atoms with Crippen molar-refractivity contribution in [1.29, 1.82) is 0 Å². The first kappa shape index (κ1) is 15.7. The van der Waals surface area contributed by atoms with Crippen LogP contribution in [-0.4, -0.2) is 6.04 Å². The van der Waals surface area contributed by atoms with Crippen LogP contribution in [0.25, 0.3) is 0 Å². The third-order valence-electron chi connectivity index (χ3n) is 3.74. The van der Waals surface area contributed by atoms with E-state index in [1.807, 2.05) is 6.07 Å². The highest BCUT2D eigenvalue weighted by Gasteiger charge is 2.10. The van der Waals surface area contributed by atoms with Gasteiger partial charge in [0.1, 0.15) is 5.82 Å². The zero-order valence-corrected chi connectivity index (χ0v) is 12.6. The van der Waals surface area contributed by atoms with Gasteiger partial charge < -0.3 is 0 Å². The first-order valence-corrected chi connectivity index (χ1v) is 7.38. The molecule has 0 radical (unpaired) electrons. The largest absolute Gasteiger partial charge is 0.271 e. The van der Waals surface area contributed by atoms with E-state index in [1.54, 1.807) is 12.1 Å². The van der Waals surface area contributed by atoms with E-state index in [4.69, 9.17) is 5.84 Å². The highest BCUT2D eigenvalue weighted by atomic mass is 19.1. The van der Waals surface area contributed by atoms with Crippen molar-refractivity contribution in [2.45, 2.75) is 38.6 Å². The van der Waals surface area contributed by atoms with Crippen LogP contribution in [0, 0.1) is 5.82 Å². The van der Waals surface area contributed by atoms with Gasteiger partial charge in [-0.2, -0.15) is 0 Å². The number of halogens is 1. The van der Waals surface area contributed by atoms with Gasteiger partial charge in [-0.3, -0.25) is 11.3 Å². The average molecular weight is 286 g/mol. The maximum absolute atomic E-state index is 13.2. The molecule has 1 atom stereocenters. The van der Waals surface area contributed by atoms with Crippen LogP contribution in [0.5, 0.6) is 0 Å². The van der Waals surface area contributed by atoms with E-state index < -0.39 is 0 Å². The number of hydrogen-bond donors (Lipinski definition) is 2. The molecule has 2 aromatic carbocycles. The molecule has 0 aliphatic heterocycles. The molecule has 0 saturated carbocycles. The zero-order valence-electron chi connectivity index (χ0n) is 12.6. The predicted octanol–water partition coefficient (Wildman–Crippen LogP) is 3.57. The molecule has 0 aliphatic carbocycles. The van der Waals surface area contributed by atoms with E-state index in [-0.39, 0.29) is 11.9 Å². The fourth-order valence-corrected chi connectivity index (χ4v) is 2.46. The predicted molar refractivity (Wildman–Crippen MR) is 85.5 cm³/mol. The van der Waals surface area contributed by atoms with E-state index in [0.29, 0.717) is 12.3 Å². The number of nitrogens with one attached hydrogen (secondary N) is 1. The minimum atomic E-state index is -0.204. The minimum absolute atomic E-state index is 0.0942. The second-order valence-electron chi connectivity index (χ2n) is 5.80. The summed E-state index contributed by atoms with van der Waals surface area (Å²) in [5.74, 6) is 5.97. The molecule has 3 N–H and O–H groups in total. The highest BCUT2D eigenvalue weighted by molar-refractivity contribution is 5.26. The van der Waals surface area contributed by atoms with Crippen LogP contribution in [0.4, 0.5) is 4.39 Å². The van der Waals surface area contributed by atoms with Gasteiger partial charge in [-0.25, -0.2) is 4.39 Å². The topological polar surface area (TPSA) is 38.0 Å². The first-order valence-electron chi connectivity index (χ1n) is 7.38. The monoisotopic (exact) mass is 286 g/mol. The van der Waals surface area contributed by atoms with E-state index in [1.165, 1.54) is 17.2 Å². The maximum atomic E-state index is 13.2. The lowest BCUT2D eigenvalue weighted by atomic mass is 9.96. The summed E-state index contributed by atoms with van der Waals surface area (Å²) in [6, 6.07) is 15.4. The fraction of sp³-hybridized carbons (Fsp3) is 0.333. The Labute approximate surface area is 126 Å². The van der Waals surface area contributed by atoms with Gasteiger partial charge in [-0.1, -0.05) is 50.2 Å². The van der Waals surface area contributed by atoms with Gasteiger partial charge >= 0.3 is 0 Å². The van der Waals surface area contributed by atoms with Gasteiger partial charge in [0.15, 0.2) is 0 Å². The maximum Gasteiger partial charge on any atom is 0.123 e. The Balaban J connectivity index is 2.01. The van der Waals surface area contributed by atoms with Crippen LogP contribution in [0.1, 0.15) is 36.5 Å². The van der Waals surface area contributed by atoms with Gasteiger partial charge in [0.05, 0.1) is 0 Å². The molecule has 2 aromatic rings. The molecule has 0 amide bonds. The van der Waals surface area contributed by atoms with Crippen molar-refractivity contribution >= 4 is 0 Å². The summed E-state index contributed by atoms with van der Waals surface area (Å²) in [6.45, 7) is 4.37. The molecule has 3 heteroatoms. The summed E-state index contributed by atoms with van der Waals surface area (Å²) >= 11 is 0. The lowest BCUT2D eigenvalue weighted by Crippen LogP contribution is -2.38. The molecular formula is C18H23FN2. The number of benzene rings is 2. The van der Waals surface area contributed by atoms with E-state index in [9.17, 15) is 4.39 Å². The summed E-state index contributed by atoms with van der Waals surface area (Å²) in [5, 5.41) is 0. The van der Waals surface area contributed by atoms with Crippen LogP contribution < -0.4 is 11.3 Å². The Kier molecular flexibility index (Phi) is 5.48. The number of hydrogen-bond acceptors (Lipinski definition) is 2. The van der Waals surface area contributed by atoms with Crippen molar-refractivity contribution in [2.75, 3.05) is 0 Å². The molecule has 0 spiro atoms. The molecule has 1 unspecified atom stereocenters. The van der Waals surface area contributed by atoms with E-state index in [2.05, 4.69) is 43.5 Å². The number of nitrogens with two attached hydrogens (primary N) is 1. The molecule has 0 aliphatic rings. The SMILES string of the molecule is CC(C)c1ccc(CC(Cc2cccc(F)c2)NN)cc1. The van der Waals surface area contributed by atoms with Crippen molar-refractivity contribution in [3.63, 3.8) is 0 Å². The Morgan fingerprint density at radius 3 is 2.24 bits per heavy atom. The summed E-state index contributed by atoms with van der Waals surface area (Å²) in [6.07, 6.45) is 1.53. The van der Waals surface area contributed by atoms with E-state index in [0.717, 1.165) is 12.0 Å². The smallest absolute Gasteiger partial charge is 0.123 e. The average Bonchev–Trinajstić information content (AvgIpc) is 2.47. The van der Waals surface area contributed by atoms with Gasteiger partial charge in [-0.05, 0) is 47.6 Å². The summed E-state index contributed by atoms with van der Waals surface area (Å²) in [4.78, 5) is 0. The van der Waals surface area contributed by atoms with Crippen molar-refractivity contribution in [1.82, 2.24) is 5.43 Å². The van der Waals surface area contributed by atoms with Crippen LogP contribution >= 0.6 is 0 Å². The van der Waals surface area contributed by atoms with Crippen LogP contribution in [0.3, 0.4) is 0 Å². The fourth-order valence-electron chi connectivity index (χ4n) is 2.46. The third kappa shape index (κ3) is 4.66. The zero-order chi connectivity index (χ0) is 15.2. The number of hydrazine groups is 1.